The van der Waals surface area contributed by atoms with E-state index in [4.69, 9.17) is 19.7 Å². The highest BCUT2D eigenvalue weighted by molar-refractivity contribution is 6.02. The van der Waals surface area contributed by atoms with Crippen LogP contribution in [0.15, 0.2) is 24.3 Å². The molecule has 130 valence electrons. The molecule has 8 heteroatoms. The van der Waals surface area contributed by atoms with Crippen LogP contribution in [0.4, 0.5) is 0 Å². The summed E-state index contributed by atoms with van der Waals surface area (Å²) >= 11 is 0. The molecular formula is C16H18O8. The zero-order valence-corrected chi connectivity index (χ0v) is 13.1. The molecule has 0 radical (unpaired) electrons. The van der Waals surface area contributed by atoms with Gasteiger partial charge in [-0.1, -0.05) is 12.1 Å². The fraction of sp³-hybridized carbons (Fsp3) is 0.375. The van der Waals surface area contributed by atoms with Gasteiger partial charge in [-0.15, -0.1) is 0 Å². The van der Waals surface area contributed by atoms with Crippen LogP contribution in [0.3, 0.4) is 0 Å². The molecule has 0 amide bonds. The lowest BCUT2D eigenvalue weighted by atomic mass is 10.1. The Bertz CT molecular complexity index is 622. The average molecular weight is 338 g/mol. The second-order valence-electron chi connectivity index (χ2n) is 4.91. The predicted molar refractivity (Wildman–Crippen MR) is 80.5 cm³/mol. The Morgan fingerprint density at radius 2 is 1.54 bits per heavy atom. The van der Waals surface area contributed by atoms with Crippen LogP contribution in [-0.4, -0.2) is 40.4 Å². The molecule has 1 unspecified atom stereocenters. The maximum atomic E-state index is 12.0. The zero-order valence-electron chi connectivity index (χ0n) is 13.1. The Labute approximate surface area is 138 Å². The molecule has 1 rings (SSSR count). The van der Waals surface area contributed by atoms with Crippen LogP contribution < -0.4 is 0 Å². The Morgan fingerprint density at radius 3 is 2.12 bits per heavy atom. The number of ether oxygens (including phenoxy) is 2. The maximum Gasteiger partial charge on any atom is 0.342 e. The molecule has 0 heterocycles. The lowest BCUT2D eigenvalue weighted by molar-refractivity contribution is -0.165. The summed E-state index contributed by atoms with van der Waals surface area (Å²) in [4.78, 5) is 44.9. The monoisotopic (exact) mass is 338 g/mol. The molecule has 0 aromatic heterocycles. The van der Waals surface area contributed by atoms with Crippen LogP contribution in [0.2, 0.25) is 0 Å². The number of carboxylic acid groups (broad SMARTS) is 2. The van der Waals surface area contributed by atoms with Gasteiger partial charge in [-0.25, -0.2) is 9.59 Å². The average Bonchev–Trinajstić information content (AvgIpc) is 2.51. The number of aromatic carboxylic acids is 1. The second kappa shape index (κ2) is 9.29. The van der Waals surface area contributed by atoms with Crippen molar-refractivity contribution in [3.05, 3.63) is 35.4 Å². The third-order valence-electron chi connectivity index (χ3n) is 2.97. The molecule has 2 N–H and O–H groups in total. The fourth-order valence-corrected chi connectivity index (χ4v) is 1.88. The van der Waals surface area contributed by atoms with E-state index in [1.165, 1.54) is 31.2 Å². The molecule has 0 aliphatic heterocycles. The van der Waals surface area contributed by atoms with Gasteiger partial charge in [-0.3, -0.25) is 9.59 Å². The van der Waals surface area contributed by atoms with Gasteiger partial charge in [0.2, 0.25) is 6.29 Å². The van der Waals surface area contributed by atoms with Crippen molar-refractivity contribution in [1.82, 2.24) is 0 Å². The topological polar surface area (TPSA) is 127 Å². The van der Waals surface area contributed by atoms with Crippen LogP contribution in [0.25, 0.3) is 0 Å². The summed E-state index contributed by atoms with van der Waals surface area (Å²) in [6.07, 6.45) is -0.547. The summed E-state index contributed by atoms with van der Waals surface area (Å²) in [5, 5.41) is 17.5. The molecule has 8 nitrogen and oxygen atoms in total. The van der Waals surface area contributed by atoms with Gasteiger partial charge in [-0.05, 0) is 25.0 Å². The molecule has 1 aromatic carbocycles. The van der Waals surface area contributed by atoms with E-state index >= 15 is 0 Å². The summed E-state index contributed by atoms with van der Waals surface area (Å²) in [7, 11) is 0. The number of rotatable bonds is 9. The van der Waals surface area contributed by atoms with Gasteiger partial charge in [0.25, 0.3) is 0 Å². The van der Waals surface area contributed by atoms with Crippen molar-refractivity contribution in [2.24, 2.45) is 0 Å². The highest BCUT2D eigenvalue weighted by Crippen LogP contribution is 2.12. The van der Waals surface area contributed by atoms with Crippen molar-refractivity contribution in [3.8, 4) is 0 Å². The minimum atomic E-state index is -1.27. The highest BCUT2D eigenvalue weighted by atomic mass is 16.7. The Balaban J connectivity index is 2.48. The lowest BCUT2D eigenvalue weighted by Crippen LogP contribution is -2.23. The standard InChI is InChI=1S/C16H18O8/c1-10(23-14(19)9-5-4-8-13(17)18)24-16(22)12-7-3-2-6-11(12)15(20)21/h2-3,6-7,10H,4-5,8-9H2,1H3,(H,17,18)(H,20,21). The molecule has 1 atom stereocenters. The summed E-state index contributed by atoms with van der Waals surface area (Å²) < 4.78 is 9.78. The lowest BCUT2D eigenvalue weighted by Gasteiger charge is -2.14. The van der Waals surface area contributed by atoms with E-state index in [2.05, 4.69) is 0 Å². The van der Waals surface area contributed by atoms with Gasteiger partial charge in [0.05, 0.1) is 11.1 Å². The molecule has 0 fully saturated rings. The third-order valence-corrected chi connectivity index (χ3v) is 2.97. The molecule has 0 saturated carbocycles. The number of aliphatic carboxylic acids is 1. The second-order valence-corrected chi connectivity index (χ2v) is 4.91. The smallest absolute Gasteiger partial charge is 0.342 e. The number of hydrogen-bond donors (Lipinski definition) is 2. The number of carbonyl (C=O) groups excluding carboxylic acids is 2. The zero-order chi connectivity index (χ0) is 18.1. The molecule has 0 aliphatic carbocycles. The first-order valence-corrected chi connectivity index (χ1v) is 7.26. The Morgan fingerprint density at radius 1 is 0.958 bits per heavy atom. The first-order valence-electron chi connectivity index (χ1n) is 7.26. The van der Waals surface area contributed by atoms with Crippen LogP contribution in [-0.2, 0) is 19.1 Å². The number of unbranched alkanes of at least 4 members (excludes halogenated alkanes) is 1. The number of esters is 2. The minimum Gasteiger partial charge on any atom is -0.481 e. The van der Waals surface area contributed by atoms with Crippen molar-refractivity contribution in [2.75, 3.05) is 0 Å². The third kappa shape index (κ3) is 6.47. The van der Waals surface area contributed by atoms with Crippen LogP contribution in [0.1, 0.15) is 53.3 Å². The van der Waals surface area contributed by atoms with E-state index in [0.717, 1.165) is 0 Å². The molecule has 0 aliphatic rings. The maximum absolute atomic E-state index is 12.0. The largest absolute Gasteiger partial charge is 0.481 e. The van der Waals surface area contributed by atoms with Crippen molar-refractivity contribution >= 4 is 23.9 Å². The quantitative estimate of drug-likeness (QED) is 0.398. The molecule has 0 saturated heterocycles. The summed E-state index contributed by atoms with van der Waals surface area (Å²) in [6.45, 7) is 1.33. The van der Waals surface area contributed by atoms with Gasteiger partial charge in [0, 0.05) is 19.8 Å². The fourth-order valence-electron chi connectivity index (χ4n) is 1.88. The highest BCUT2D eigenvalue weighted by Gasteiger charge is 2.20. The van der Waals surface area contributed by atoms with Gasteiger partial charge in [0.15, 0.2) is 0 Å². The Hall–Kier alpha value is -2.90. The van der Waals surface area contributed by atoms with Crippen molar-refractivity contribution in [3.63, 3.8) is 0 Å². The van der Waals surface area contributed by atoms with Crippen molar-refractivity contribution < 1.29 is 38.9 Å². The summed E-state index contributed by atoms with van der Waals surface area (Å²) in [5.74, 6) is -3.76. The van der Waals surface area contributed by atoms with E-state index in [1.807, 2.05) is 0 Å². The molecule has 1 aromatic rings. The molecule has 0 bridgehead atoms. The number of carbonyl (C=O) groups is 4. The van der Waals surface area contributed by atoms with Gasteiger partial charge in [0.1, 0.15) is 0 Å². The molecule has 0 spiro atoms. The van der Waals surface area contributed by atoms with Gasteiger partial charge >= 0.3 is 23.9 Å². The summed E-state index contributed by atoms with van der Waals surface area (Å²) in [5.41, 5.74) is -0.357. The normalized spacial score (nSPS) is 11.4. The van der Waals surface area contributed by atoms with E-state index < -0.39 is 30.2 Å². The van der Waals surface area contributed by atoms with Crippen molar-refractivity contribution in [2.45, 2.75) is 38.9 Å². The van der Waals surface area contributed by atoms with Crippen LogP contribution in [0.5, 0.6) is 0 Å². The van der Waals surface area contributed by atoms with Crippen LogP contribution in [0, 0.1) is 0 Å². The van der Waals surface area contributed by atoms with E-state index in [9.17, 15) is 19.2 Å². The van der Waals surface area contributed by atoms with Crippen LogP contribution >= 0.6 is 0 Å². The Kier molecular flexibility index (Phi) is 7.41. The number of carboxylic acids is 2. The van der Waals surface area contributed by atoms with Gasteiger partial charge < -0.3 is 19.7 Å². The minimum absolute atomic E-state index is 0.000876. The number of benzene rings is 1. The first kappa shape index (κ1) is 19.1. The van der Waals surface area contributed by atoms with E-state index in [1.54, 1.807) is 0 Å². The predicted octanol–water partition coefficient (Wildman–Crippen LogP) is 2.08. The summed E-state index contributed by atoms with van der Waals surface area (Å²) in [6, 6.07) is 5.52. The van der Waals surface area contributed by atoms with Crippen molar-refractivity contribution in [1.29, 1.82) is 0 Å². The first-order chi connectivity index (χ1) is 11.3. The SMILES string of the molecule is CC(OC(=O)CCCCC(=O)O)OC(=O)c1ccccc1C(=O)O. The molecule has 24 heavy (non-hydrogen) atoms. The van der Waals surface area contributed by atoms with E-state index in [0.29, 0.717) is 12.8 Å². The van der Waals surface area contributed by atoms with E-state index in [-0.39, 0.29) is 24.0 Å². The molecular weight excluding hydrogens is 320 g/mol. The number of hydrogen-bond acceptors (Lipinski definition) is 6. The van der Waals surface area contributed by atoms with Gasteiger partial charge in [-0.2, -0.15) is 0 Å².